The maximum absolute atomic E-state index is 14.0. The van der Waals surface area contributed by atoms with Gasteiger partial charge in [0.1, 0.15) is 0 Å². The lowest BCUT2D eigenvalue weighted by Gasteiger charge is -2.42. The molecule has 0 radical (unpaired) electrons. The van der Waals surface area contributed by atoms with E-state index >= 15 is 0 Å². The van der Waals surface area contributed by atoms with Crippen LogP contribution in [0.1, 0.15) is 0 Å². The summed E-state index contributed by atoms with van der Waals surface area (Å²) in [5.41, 5.74) is 3.56. The maximum Gasteiger partial charge on any atom is 0.462 e. The minimum absolute atomic E-state index is 0.993. The van der Waals surface area contributed by atoms with Crippen molar-refractivity contribution in [1.82, 2.24) is 0 Å². The van der Waals surface area contributed by atoms with E-state index in [-0.39, 0.29) is 0 Å². The molecule has 0 saturated carbocycles. The second kappa shape index (κ2) is 9.65. The molecule has 0 rings (SSSR count). The van der Waals surface area contributed by atoms with Crippen molar-refractivity contribution in [2.45, 2.75) is 66.5 Å². The third-order valence-electron chi connectivity index (χ3n) is 3.69. The zero-order valence-electron chi connectivity index (χ0n) is 16.9. The van der Waals surface area contributed by atoms with Gasteiger partial charge in [0.05, 0.1) is 0 Å². The van der Waals surface area contributed by atoms with Crippen LogP contribution in [0.15, 0.2) is 0 Å². The Morgan fingerprint density at radius 1 is 0.400 bits per heavy atom. The van der Waals surface area contributed by atoms with Crippen LogP contribution in [0.5, 0.6) is 0 Å². The Kier molecular flexibility index (Phi) is 9.10. The lowest BCUT2D eigenvalue weighted by atomic mass is 10.2. The van der Waals surface area contributed by atoms with Crippen molar-refractivity contribution in [3.63, 3.8) is 0 Å². The molecule has 0 aromatic heterocycles. The highest BCUT2D eigenvalue weighted by Crippen LogP contribution is 2.59. The van der Waals surface area contributed by atoms with Gasteiger partial charge in [0.15, 0.2) is 0 Å². The monoisotopic (exact) mass is 661 g/mol. The smallest absolute Gasteiger partial charge is 0.364 e. The van der Waals surface area contributed by atoms with E-state index in [1.54, 1.807) is 0 Å². The van der Waals surface area contributed by atoms with E-state index < -0.39 is 72.4 Å². The molecule has 1 amide bonds. The number of hydrogen-bond acceptors (Lipinski definition) is 4. The highest BCUT2D eigenvalue weighted by Gasteiger charge is 2.88. The molecule has 0 saturated heterocycles. The van der Waals surface area contributed by atoms with Crippen LogP contribution in [0.2, 0.25) is 0 Å². The van der Waals surface area contributed by atoms with Gasteiger partial charge in [0, 0.05) is 0 Å². The van der Waals surface area contributed by atoms with E-state index in [9.17, 15) is 106 Å². The molecular formula is C12H2F23NO4. The van der Waals surface area contributed by atoms with Crippen molar-refractivity contribution in [3.8, 4) is 0 Å². The molecule has 0 aliphatic heterocycles. The van der Waals surface area contributed by atoms with E-state index in [2.05, 4.69) is 5.73 Å². The van der Waals surface area contributed by atoms with Crippen molar-refractivity contribution in [3.05, 3.63) is 0 Å². The average molecular weight is 661 g/mol. The lowest BCUT2D eigenvalue weighted by Crippen LogP contribution is -2.71. The van der Waals surface area contributed by atoms with Crippen LogP contribution in [-0.4, -0.2) is 72.4 Å². The van der Waals surface area contributed by atoms with Crippen LogP contribution in [-0.2, 0) is 19.0 Å². The van der Waals surface area contributed by atoms with Gasteiger partial charge in [-0.1, -0.05) is 0 Å². The molecule has 0 heterocycles. The SMILES string of the molecule is NC(=O)[C@@](F)(OC(F)(F)[C@@](F)(OC(F)(F)[C@](F)(OC(F)(F)C(F)(F)C(F)(F)F)C(F)(F)F)C(F)(F)F)C(F)(F)F. The summed E-state index contributed by atoms with van der Waals surface area (Å²) in [5, 5.41) is 0. The summed E-state index contributed by atoms with van der Waals surface area (Å²) in [4.78, 5) is 10.4. The number of ether oxygens (including phenoxy) is 3. The second-order valence-corrected chi connectivity index (χ2v) is 6.57. The minimum atomic E-state index is -8.74. The van der Waals surface area contributed by atoms with E-state index in [0.29, 0.717) is 0 Å². The first-order valence-corrected chi connectivity index (χ1v) is 8.06. The molecule has 0 aromatic carbocycles. The number of nitrogens with two attached hydrogens (primary N) is 1. The zero-order valence-corrected chi connectivity index (χ0v) is 16.9. The van der Waals surface area contributed by atoms with Crippen LogP contribution in [0.25, 0.3) is 0 Å². The summed E-state index contributed by atoms with van der Waals surface area (Å²) in [5.74, 6) is -36.6. The number of primary amides is 1. The fourth-order valence-corrected chi connectivity index (χ4v) is 1.70. The maximum atomic E-state index is 14.0. The Labute approximate surface area is 199 Å². The summed E-state index contributed by atoms with van der Waals surface area (Å²) in [6.07, 6.45) is -57.5. The molecule has 0 unspecified atom stereocenters. The van der Waals surface area contributed by atoms with Gasteiger partial charge in [0.25, 0.3) is 5.91 Å². The van der Waals surface area contributed by atoms with Gasteiger partial charge in [-0.3, -0.25) is 19.0 Å². The van der Waals surface area contributed by atoms with Crippen molar-refractivity contribution in [1.29, 1.82) is 0 Å². The molecule has 0 aromatic rings. The van der Waals surface area contributed by atoms with Gasteiger partial charge in [0.2, 0.25) is 0 Å². The van der Waals surface area contributed by atoms with Crippen molar-refractivity contribution >= 4 is 5.91 Å². The largest absolute Gasteiger partial charge is 0.462 e. The minimum Gasteiger partial charge on any atom is -0.364 e. The summed E-state index contributed by atoms with van der Waals surface area (Å²) in [6, 6.07) is 0. The Balaban J connectivity index is 7.24. The molecule has 0 aliphatic carbocycles. The van der Waals surface area contributed by atoms with Gasteiger partial charge in [-0.05, 0) is 0 Å². The predicted molar refractivity (Wildman–Crippen MR) is 68.0 cm³/mol. The molecule has 0 spiro atoms. The van der Waals surface area contributed by atoms with Gasteiger partial charge < -0.3 is 5.73 Å². The molecule has 0 fully saturated rings. The standard InChI is InChI=1S/C12H2F23NO4/c13-2(1(36)37,6(18,19)20)38-11(32,33)4(16,8(24,25)26)40-12(34,35)5(17,9(27,28)29)39-10(30,31)3(14,15)7(21,22)23/h(H2,36,37)/t2-,4+,5-/m1/s1. The summed E-state index contributed by atoms with van der Waals surface area (Å²) in [6.45, 7) is 0. The first kappa shape index (κ1) is 37.7. The lowest BCUT2D eigenvalue weighted by molar-refractivity contribution is -0.577. The summed E-state index contributed by atoms with van der Waals surface area (Å²) < 4.78 is 301. The van der Waals surface area contributed by atoms with Crippen LogP contribution < -0.4 is 5.73 Å². The third kappa shape index (κ3) is 6.01. The molecule has 0 aliphatic rings. The number of rotatable bonds is 10. The normalized spacial score (nSPS) is 20.0. The Morgan fingerprint density at radius 3 is 0.900 bits per heavy atom. The average Bonchev–Trinajstić information content (AvgIpc) is 2.62. The number of alkyl halides is 23. The van der Waals surface area contributed by atoms with E-state index in [1.807, 2.05) is 0 Å². The second-order valence-electron chi connectivity index (χ2n) is 6.57. The van der Waals surface area contributed by atoms with Gasteiger partial charge >= 0.3 is 66.5 Å². The topological polar surface area (TPSA) is 70.8 Å². The first-order valence-electron chi connectivity index (χ1n) is 8.06. The Bertz CT molecular complexity index is 934. The highest BCUT2D eigenvalue weighted by molar-refractivity contribution is 5.82. The number of hydrogen-bond donors (Lipinski definition) is 1. The van der Waals surface area contributed by atoms with Crippen LogP contribution in [0.4, 0.5) is 101 Å². The number of amides is 1. The molecule has 3 atom stereocenters. The fraction of sp³-hybridized carbons (Fsp3) is 0.917. The molecular weight excluding hydrogens is 659 g/mol. The molecule has 28 heteroatoms. The van der Waals surface area contributed by atoms with E-state index in [4.69, 9.17) is 0 Å². The molecule has 40 heavy (non-hydrogen) atoms. The van der Waals surface area contributed by atoms with E-state index in [1.165, 1.54) is 4.74 Å². The molecule has 0 bridgehead atoms. The highest BCUT2D eigenvalue weighted by atomic mass is 19.4. The van der Waals surface area contributed by atoms with Crippen molar-refractivity contribution in [2.24, 2.45) is 5.73 Å². The number of carbonyl (C=O) groups is 1. The zero-order chi connectivity index (χ0) is 33.2. The third-order valence-corrected chi connectivity index (χ3v) is 3.69. The van der Waals surface area contributed by atoms with Crippen molar-refractivity contribution < 1.29 is 120 Å². The molecule has 2 N–H and O–H groups in total. The van der Waals surface area contributed by atoms with Crippen molar-refractivity contribution in [2.75, 3.05) is 0 Å². The first-order chi connectivity index (χ1) is 16.8. The fourth-order valence-electron chi connectivity index (χ4n) is 1.70. The van der Waals surface area contributed by atoms with Crippen LogP contribution in [0.3, 0.4) is 0 Å². The van der Waals surface area contributed by atoms with Crippen LogP contribution >= 0.6 is 0 Å². The summed E-state index contributed by atoms with van der Waals surface area (Å²) >= 11 is 0. The number of halogens is 23. The predicted octanol–water partition coefficient (Wildman–Crippen LogP) is 6.18. The molecule has 5 nitrogen and oxygen atoms in total. The summed E-state index contributed by atoms with van der Waals surface area (Å²) in [7, 11) is 0. The van der Waals surface area contributed by atoms with Gasteiger partial charge in [-0.25, -0.2) is 0 Å². The Morgan fingerprint density at radius 2 is 0.675 bits per heavy atom. The molecule has 240 valence electrons. The van der Waals surface area contributed by atoms with E-state index in [0.717, 1.165) is 9.47 Å². The quantitative estimate of drug-likeness (QED) is 0.284. The number of carbonyl (C=O) groups excluding carboxylic acids is 1. The Hall–Kier alpha value is -2.26. The van der Waals surface area contributed by atoms with Gasteiger partial charge in [-0.15, -0.1) is 0 Å². The van der Waals surface area contributed by atoms with Crippen LogP contribution in [0, 0.1) is 0 Å². The van der Waals surface area contributed by atoms with Gasteiger partial charge in [-0.2, -0.15) is 101 Å².